The van der Waals surface area contributed by atoms with Crippen LogP contribution < -0.4 is 5.32 Å². The molecule has 0 aliphatic carbocycles. The number of ether oxygens (including phenoxy) is 1. The van der Waals surface area contributed by atoms with Crippen LogP contribution in [-0.4, -0.2) is 72.6 Å². The Morgan fingerprint density at radius 2 is 1.82 bits per heavy atom. The molecular formula is C28H32ClFN4O3S. The van der Waals surface area contributed by atoms with Crippen LogP contribution in [0.1, 0.15) is 15.3 Å². The van der Waals surface area contributed by atoms with E-state index in [1.54, 1.807) is 52.6 Å². The van der Waals surface area contributed by atoms with Gasteiger partial charge in [0.15, 0.2) is 0 Å². The lowest BCUT2D eigenvalue weighted by atomic mass is 10.2. The highest BCUT2D eigenvalue weighted by molar-refractivity contribution is 7.11. The van der Waals surface area contributed by atoms with E-state index in [0.29, 0.717) is 50.1 Å². The number of anilines is 1. The van der Waals surface area contributed by atoms with Gasteiger partial charge in [-0.25, -0.2) is 9.18 Å². The van der Waals surface area contributed by atoms with Gasteiger partial charge >= 0.3 is 6.03 Å². The first-order valence-electron chi connectivity index (χ1n) is 12.5. The Kier molecular flexibility index (Phi) is 10.1. The van der Waals surface area contributed by atoms with Gasteiger partial charge in [0.05, 0.1) is 19.8 Å². The predicted molar refractivity (Wildman–Crippen MR) is 149 cm³/mol. The van der Waals surface area contributed by atoms with E-state index in [9.17, 15) is 14.0 Å². The van der Waals surface area contributed by atoms with Gasteiger partial charge in [-0.2, -0.15) is 0 Å². The van der Waals surface area contributed by atoms with Crippen molar-refractivity contribution in [3.63, 3.8) is 0 Å². The zero-order valence-corrected chi connectivity index (χ0v) is 22.9. The fraction of sp³-hybridized carbons (Fsp3) is 0.357. The predicted octanol–water partition coefficient (Wildman–Crippen LogP) is 5.24. The van der Waals surface area contributed by atoms with Crippen LogP contribution in [0.25, 0.3) is 0 Å². The molecule has 0 spiro atoms. The molecule has 0 saturated carbocycles. The first kappa shape index (κ1) is 28.0. The maximum absolute atomic E-state index is 13.7. The number of rotatable bonds is 10. The monoisotopic (exact) mass is 558 g/mol. The summed E-state index contributed by atoms with van der Waals surface area (Å²) in [6.45, 7) is 6.51. The number of carbonyl (C=O) groups excluding carboxylic acids is 2. The van der Waals surface area contributed by atoms with Crippen LogP contribution in [0.3, 0.4) is 0 Å². The number of nitrogens with one attached hydrogen (secondary N) is 1. The van der Waals surface area contributed by atoms with Crippen molar-refractivity contribution >= 4 is 40.6 Å². The number of thiophene rings is 1. The SMILES string of the molecule is Cc1ccc(CN(Cc2ccc(F)cc2)C(=O)CN(CCN2CCOCC2)C(=O)Nc2cccc(Cl)c2)s1. The molecule has 10 heteroatoms. The topological polar surface area (TPSA) is 65.1 Å². The number of morpholine rings is 1. The number of urea groups is 1. The summed E-state index contributed by atoms with van der Waals surface area (Å²) in [4.78, 5) is 34.7. The largest absolute Gasteiger partial charge is 0.379 e. The summed E-state index contributed by atoms with van der Waals surface area (Å²) in [7, 11) is 0. The average molecular weight is 559 g/mol. The molecule has 3 amide bonds. The van der Waals surface area contributed by atoms with Gasteiger partial charge in [0, 0.05) is 53.2 Å². The standard InChI is InChI=1S/C28H32ClFN4O3S/c1-21-5-10-26(38-21)19-34(18-22-6-8-24(30)9-7-22)27(35)20-33(12-11-32-13-15-37-16-14-32)28(36)31-25-4-2-3-23(29)17-25/h2-10,17H,11-16,18-20H2,1H3,(H,31,36). The lowest BCUT2D eigenvalue weighted by molar-refractivity contribution is -0.133. The van der Waals surface area contributed by atoms with Gasteiger partial charge in [0.25, 0.3) is 0 Å². The van der Waals surface area contributed by atoms with Gasteiger partial charge in [-0.05, 0) is 55.0 Å². The summed E-state index contributed by atoms with van der Waals surface area (Å²) in [6.07, 6.45) is 0. The third-order valence-electron chi connectivity index (χ3n) is 6.26. The molecule has 1 saturated heterocycles. The molecule has 0 unspecified atom stereocenters. The Morgan fingerprint density at radius 1 is 1.05 bits per heavy atom. The maximum Gasteiger partial charge on any atom is 0.322 e. The van der Waals surface area contributed by atoms with E-state index in [2.05, 4.69) is 10.2 Å². The van der Waals surface area contributed by atoms with Gasteiger partial charge in [-0.15, -0.1) is 11.3 Å². The minimum Gasteiger partial charge on any atom is -0.379 e. The molecule has 1 aliphatic rings. The molecule has 1 fully saturated rings. The van der Waals surface area contributed by atoms with E-state index in [0.717, 1.165) is 28.4 Å². The minimum absolute atomic E-state index is 0.0949. The van der Waals surface area contributed by atoms with E-state index < -0.39 is 0 Å². The molecule has 38 heavy (non-hydrogen) atoms. The van der Waals surface area contributed by atoms with Gasteiger partial charge < -0.3 is 19.9 Å². The first-order chi connectivity index (χ1) is 18.4. The zero-order chi connectivity index (χ0) is 26.9. The van der Waals surface area contributed by atoms with Gasteiger partial charge in [0.1, 0.15) is 12.4 Å². The van der Waals surface area contributed by atoms with E-state index in [1.165, 1.54) is 17.0 Å². The lowest BCUT2D eigenvalue weighted by Crippen LogP contribution is -2.48. The molecule has 1 aromatic heterocycles. The second kappa shape index (κ2) is 13.7. The Bertz CT molecular complexity index is 1220. The number of benzene rings is 2. The molecule has 0 bridgehead atoms. The van der Waals surface area contributed by atoms with Gasteiger partial charge in [-0.1, -0.05) is 29.8 Å². The second-order valence-electron chi connectivity index (χ2n) is 9.20. The molecule has 7 nitrogen and oxygen atoms in total. The molecular weight excluding hydrogens is 527 g/mol. The summed E-state index contributed by atoms with van der Waals surface area (Å²) in [6, 6.07) is 16.7. The molecule has 1 aliphatic heterocycles. The molecule has 1 N–H and O–H groups in total. The number of hydrogen-bond donors (Lipinski definition) is 1. The summed E-state index contributed by atoms with van der Waals surface area (Å²) in [5.74, 6) is -0.518. The minimum atomic E-state index is -0.373. The zero-order valence-electron chi connectivity index (χ0n) is 21.4. The summed E-state index contributed by atoms with van der Waals surface area (Å²) < 4.78 is 18.9. The van der Waals surface area contributed by atoms with Crippen molar-refractivity contribution in [2.75, 3.05) is 51.3 Å². The fourth-order valence-electron chi connectivity index (χ4n) is 4.17. The second-order valence-corrected chi connectivity index (χ2v) is 11.0. The molecule has 0 atom stereocenters. The lowest BCUT2D eigenvalue weighted by Gasteiger charge is -2.31. The Labute approximate surface area is 231 Å². The first-order valence-corrected chi connectivity index (χ1v) is 13.7. The molecule has 4 rings (SSSR count). The Hall–Kier alpha value is -2.98. The molecule has 202 valence electrons. The molecule has 2 aromatic carbocycles. The highest BCUT2D eigenvalue weighted by atomic mass is 35.5. The smallest absolute Gasteiger partial charge is 0.322 e. The van der Waals surface area contributed by atoms with Crippen molar-refractivity contribution in [3.8, 4) is 0 Å². The number of nitrogens with zero attached hydrogens (tertiary/aromatic N) is 3. The van der Waals surface area contributed by atoms with Crippen molar-refractivity contribution < 1.29 is 18.7 Å². The number of hydrogen-bond acceptors (Lipinski definition) is 5. The van der Waals surface area contributed by atoms with Crippen LogP contribution >= 0.6 is 22.9 Å². The molecule has 3 aromatic rings. The summed E-state index contributed by atoms with van der Waals surface area (Å²) >= 11 is 7.72. The summed E-state index contributed by atoms with van der Waals surface area (Å²) in [5, 5.41) is 3.38. The quantitative estimate of drug-likeness (QED) is 0.369. The van der Waals surface area contributed by atoms with Gasteiger partial charge in [0.2, 0.25) is 5.91 Å². The number of halogens is 2. The van der Waals surface area contributed by atoms with Crippen LogP contribution in [0, 0.1) is 12.7 Å². The van der Waals surface area contributed by atoms with E-state index >= 15 is 0 Å². The molecule has 0 radical (unpaired) electrons. The van der Waals surface area contributed by atoms with E-state index in [-0.39, 0.29) is 24.3 Å². The van der Waals surface area contributed by atoms with Crippen LogP contribution in [0.4, 0.5) is 14.9 Å². The van der Waals surface area contributed by atoms with Crippen LogP contribution in [0.15, 0.2) is 60.7 Å². The Balaban J connectivity index is 1.50. The number of amides is 3. The Morgan fingerprint density at radius 3 is 2.50 bits per heavy atom. The van der Waals surface area contributed by atoms with Crippen molar-refractivity contribution in [3.05, 3.63) is 86.8 Å². The van der Waals surface area contributed by atoms with E-state index in [4.69, 9.17) is 16.3 Å². The van der Waals surface area contributed by atoms with Crippen molar-refractivity contribution in [1.82, 2.24) is 14.7 Å². The highest BCUT2D eigenvalue weighted by Crippen LogP contribution is 2.20. The average Bonchev–Trinajstić information content (AvgIpc) is 3.32. The van der Waals surface area contributed by atoms with Crippen molar-refractivity contribution in [2.45, 2.75) is 20.0 Å². The third-order valence-corrected chi connectivity index (χ3v) is 7.48. The van der Waals surface area contributed by atoms with Crippen molar-refractivity contribution in [1.29, 1.82) is 0 Å². The van der Waals surface area contributed by atoms with Gasteiger partial charge in [-0.3, -0.25) is 9.69 Å². The summed E-state index contributed by atoms with van der Waals surface area (Å²) in [5.41, 5.74) is 1.37. The highest BCUT2D eigenvalue weighted by Gasteiger charge is 2.24. The molecule has 2 heterocycles. The van der Waals surface area contributed by atoms with E-state index in [1.807, 2.05) is 19.1 Å². The van der Waals surface area contributed by atoms with Crippen LogP contribution in [0.5, 0.6) is 0 Å². The van der Waals surface area contributed by atoms with Crippen molar-refractivity contribution in [2.24, 2.45) is 0 Å². The fourth-order valence-corrected chi connectivity index (χ4v) is 5.27. The normalized spacial score (nSPS) is 13.8. The number of carbonyl (C=O) groups is 2. The maximum atomic E-state index is 13.7. The number of aryl methyl sites for hydroxylation is 1. The van der Waals surface area contributed by atoms with Crippen LogP contribution in [0.2, 0.25) is 5.02 Å². The third kappa shape index (κ3) is 8.52. The van der Waals surface area contributed by atoms with Crippen LogP contribution in [-0.2, 0) is 22.6 Å².